The number of hydrogen-bond donors (Lipinski definition) is 0. The van der Waals surface area contributed by atoms with Gasteiger partial charge in [-0.1, -0.05) is 62.1 Å². The summed E-state index contributed by atoms with van der Waals surface area (Å²) in [5.74, 6) is 0.962. The standard InChI is InChI=1S/C56H50N4/c1-35-25-36(2)28-45(27-35)59(43-17-13-39(33-57)14-18-43)53-31-51(41-9-5-6-10-41)47-22-24-50-54(32-52(42-11-7-8-12-42)48-21-23-49(53)55(47)56(48)50)60(44-19-15-40(34-58)16-20-44)46-29-37(3)26-38(4)30-46/h13-32,41-42H,5-12H2,1-4H3. The van der Waals surface area contributed by atoms with E-state index < -0.39 is 0 Å². The first-order chi connectivity index (χ1) is 29.3. The van der Waals surface area contributed by atoms with Crippen molar-refractivity contribution in [3.63, 3.8) is 0 Å². The highest BCUT2D eigenvalue weighted by Crippen LogP contribution is 2.53. The highest BCUT2D eigenvalue weighted by atomic mass is 15.2. The molecule has 0 bridgehead atoms. The van der Waals surface area contributed by atoms with Gasteiger partial charge in [-0.15, -0.1) is 0 Å². The molecule has 0 saturated heterocycles. The fourth-order valence-corrected chi connectivity index (χ4v) is 10.9. The van der Waals surface area contributed by atoms with Gasteiger partial charge in [0.15, 0.2) is 0 Å². The molecule has 8 aromatic carbocycles. The van der Waals surface area contributed by atoms with Crippen LogP contribution in [0, 0.1) is 50.4 Å². The summed E-state index contributed by atoms with van der Waals surface area (Å²) in [5.41, 5.74) is 15.8. The lowest BCUT2D eigenvalue weighted by atomic mass is 9.82. The molecule has 2 aliphatic rings. The molecule has 0 spiro atoms. The Morgan fingerprint density at radius 2 is 0.733 bits per heavy atom. The Labute approximate surface area is 354 Å². The van der Waals surface area contributed by atoms with Gasteiger partial charge in [0.1, 0.15) is 0 Å². The van der Waals surface area contributed by atoms with Gasteiger partial charge in [0, 0.05) is 33.5 Å². The van der Waals surface area contributed by atoms with Crippen LogP contribution in [0.15, 0.2) is 121 Å². The van der Waals surface area contributed by atoms with E-state index in [4.69, 9.17) is 0 Å². The van der Waals surface area contributed by atoms with Crippen LogP contribution in [0.2, 0.25) is 0 Å². The maximum atomic E-state index is 9.81. The van der Waals surface area contributed by atoms with E-state index in [1.54, 1.807) is 0 Å². The largest absolute Gasteiger partial charge is 0.310 e. The van der Waals surface area contributed by atoms with Crippen LogP contribution in [0.3, 0.4) is 0 Å². The molecular weight excluding hydrogens is 729 g/mol. The third kappa shape index (κ3) is 6.52. The Morgan fingerprint density at radius 3 is 1.07 bits per heavy atom. The van der Waals surface area contributed by atoms with E-state index in [1.165, 1.54) is 128 Å². The highest BCUT2D eigenvalue weighted by Gasteiger charge is 2.30. The van der Waals surface area contributed by atoms with Crippen LogP contribution in [0.1, 0.15) is 108 Å². The predicted molar refractivity (Wildman–Crippen MR) is 250 cm³/mol. The van der Waals surface area contributed by atoms with Crippen LogP contribution in [0.5, 0.6) is 0 Å². The topological polar surface area (TPSA) is 54.1 Å². The molecule has 0 aromatic heterocycles. The van der Waals surface area contributed by atoms with Gasteiger partial charge in [0.2, 0.25) is 0 Å². The Hall–Kier alpha value is -6.62. The number of aryl methyl sites for hydroxylation is 4. The van der Waals surface area contributed by atoms with Gasteiger partial charge in [-0.3, -0.25) is 0 Å². The molecule has 2 fully saturated rings. The minimum atomic E-state index is 0.481. The summed E-state index contributed by atoms with van der Waals surface area (Å²) >= 11 is 0. The molecular formula is C56H50N4. The third-order valence-electron chi connectivity index (χ3n) is 13.4. The fourth-order valence-electron chi connectivity index (χ4n) is 10.9. The Bertz CT molecular complexity index is 2760. The predicted octanol–water partition coefficient (Wildman–Crippen LogP) is 15.8. The van der Waals surface area contributed by atoms with Gasteiger partial charge >= 0.3 is 0 Å². The Morgan fingerprint density at radius 1 is 0.400 bits per heavy atom. The van der Waals surface area contributed by atoms with Gasteiger partial charge in [0.25, 0.3) is 0 Å². The number of anilines is 6. The second kappa shape index (κ2) is 15.2. The second-order valence-corrected chi connectivity index (χ2v) is 17.7. The van der Waals surface area contributed by atoms with Crippen molar-refractivity contribution in [2.45, 2.75) is 90.9 Å². The van der Waals surface area contributed by atoms with Crippen LogP contribution < -0.4 is 9.80 Å². The molecule has 10 rings (SSSR count). The van der Waals surface area contributed by atoms with E-state index >= 15 is 0 Å². The van der Waals surface area contributed by atoms with Crippen LogP contribution in [-0.2, 0) is 0 Å². The first-order valence-corrected chi connectivity index (χ1v) is 21.8. The van der Waals surface area contributed by atoms with E-state index in [0.717, 1.165) is 22.7 Å². The maximum Gasteiger partial charge on any atom is 0.0991 e. The van der Waals surface area contributed by atoms with Gasteiger partial charge in [-0.05, 0) is 205 Å². The van der Waals surface area contributed by atoms with Gasteiger partial charge in [-0.25, -0.2) is 0 Å². The molecule has 0 N–H and O–H groups in total. The van der Waals surface area contributed by atoms with Crippen molar-refractivity contribution in [2.24, 2.45) is 0 Å². The molecule has 0 atom stereocenters. The summed E-state index contributed by atoms with van der Waals surface area (Å²) < 4.78 is 0. The molecule has 0 amide bonds. The van der Waals surface area contributed by atoms with E-state index in [2.05, 4.69) is 147 Å². The van der Waals surface area contributed by atoms with Crippen molar-refractivity contribution in [2.75, 3.05) is 9.80 Å². The van der Waals surface area contributed by atoms with Crippen molar-refractivity contribution in [1.82, 2.24) is 0 Å². The van der Waals surface area contributed by atoms with Crippen molar-refractivity contribution in [3.05, 3.63) is 166 Å². The Kier molecular flexibility index (Phi) is 9.53. The first kappa shape index (κ1) is 37.6. The van der Waals surface area contributed by atoms with Crippen LogP contribution in [0.25, 0.3) is 32.3 Å². The molecule has 2 aliphatic carbocycles. The number of nitriles is 2. The second-order valence-electron chi connectivity index (χ2n) is 17.7. The molecule has 2 saturated carbocycles. The van der Waals surface area contributed by atoms with Crippen LogP contribution >= 0.6 is 0 Å². The van der Waals surface area contributed by atoms with Crippen molar-refractivity contribution in [3.8, 4) is 12.1 Å². The SMILES string of the molecule is Cc1cc(C)cc(N(c2ccc(C#N)cc2)c2cc(C3CCCC3)c3ccc4c(N(c5ccc(C#N)cc5)c5cc(C)cc(C)c5)cc(C5CCCC5)c5ccc2c3c54)c1. The summed E-state index contributed by atoms with van der Waals surface area (Å²) in [6, 6.07) is 49.3. The van der Waals surface area contributed by atoms with E-state index in [-0.39, 0.29) is 0 Å². The maximum absolute atomic E-state index is 9.81. The monoisotopic (exact) mass is 778 g/mol. The average molecular weight is 779 g/mol. The normalized spacial score (nSPS) is 14.6. The van der Waals surface area contributed by atoms with Crippen LogP contribution in [0.4, 0.5) is 34.1 Å². The summed E-state index contributed by atoms with van der Waals surface area (Å²) in [7, 11) is 0. The smallest absolute Gasteiger partial charge is 0.0991 e. The molecule has 294 valence electrons. The molecule has 60 heavy (non-hydrogen) atoms. The number of nitrogens with zero attached hydrogens (tertiary/aromatic N) is 4. The molecule has 0 unspecified atom stereocenters. The summed E-state index contributed by atoms with van der Waals surface area (Å²) in [6.07, 6.45) is 9.80. The summed E-state index contributed by atoms with van der Waals surface area (Å²) in [4.78, 5) is 4.89. The lowest BCUT2D eigenvalue weighted by Gasteiger charge is -2.32. The zero-order chi connectivity index (χ0) is 41.1. The Balaban J connectivity index is 1.34. The zero-order valence-corrected chi connectivity index (χ0v) is 35.1. The van der Waals surface area contributed by atoms with Crippen molar-refractivity contribution < 1.29 is 0 Å². The lowest BCUT2D eigenvalue weighted by molar-refractivity contribution is 0.729. The van der Waals surface area contributed by atoms with E-state index in [9.17, 15) is 10.5 Å². The summed E-state index contributed by atoms with van der Waals surface area (Å²) in [5, 5.41) is 27.5. The molecule has 4 heteroatoms. The van der Waals surface area contributed by atoms with E-state index in [0.29, 0.717) is 23.0 Å². The fraction of sp³-hybridized carbons (Fsp3) is 0.250. The van der Waals surface area contributed by atoms with E-state index in [1.807, 2.05) is 24.3 Å². The van der Waals surface area contributed by atoms with Crippen molar-refractivity contribution >= 4 is 66.4 Å². The first-order valence-electron chi connectivity index (χ1n) is 21.8. The number of hydrogen-bond acceptors (Lipinski definition) is 4. The average Bonchev–Trinajstić information content (AvgIpc) is 4.00. The zero-order valence-electron chi connectivity index (χ0n) is 35.1. The molecule has 4 nitrogen and oxygen atoms in total. The summed E-state index contributed by atoms with van der Waals surface area (Å²) in [6.45, 7) is 8.73. The third-order valence-corrected chi connectivity index (χ3v) is 13.4. The molecule has 0 radical (unpaired) electrons. The molecule has 0 aliphatic heterocycles. The minimum absolute atomic E-state index is 0.481. The van der Waals surface area contributed by atoms with Crippen LogP contribution in [-0.4, -0.2) is 0 Å². The van der Waals surface area contributed by atoms with Gasteiger partial charge in [-0.2, -0.15) is 10.5 Å². The van der Waals surface area contributed by atoms with Crippen molar-refractivity contribution in [1.29, 1.82) is 10.5 Å². The highest BCUT2D eigenvalue weighted by molar-refractivity contribution is 6.29. The van der Waals surface area contributed by atoms with Gasteiger partial charge < -0.3 is 9.80 Å². The number of rotatable bonds is 8. The lowest BCUT2D eigenvalue weighted by Crippen LogP contribution is -2.14. The molecule has 8 aromatic rings. The minimum Gasteiger partial charge on any atom is -0.310 e. The molecule has 0 heterocycles. The number of benzene rings is 8. The quantitative estimate of drug-likeness (QED) is 0.144. The van der Waals surface area contributed by atoms with Gasteiger partial charge in [0.05, 0.1) is 34.6 Å².